The number of aliphatic hydroxyl groups is 1. The Morgan fingerprint density at radius 3 is 1.55 bits per heavy atom. The molecule has 2 aromatic carbocycles. The molecule has 214 valence electrons. The van der Waals surface area contributed by atoms with Crippen molar-refractivity contribution in [3.8, 4) is 23.0 Å². The first-order chi connectivity index (χ1) is 19.8. The van der Waals surface area contributed by atoms with Gasteiger partial charge in [-0.05, 0) is 24.3 Å². The van der Waals surface area contributed by atoms with Crippen LogP contribution in [-0.2, 0) is 19.2 Å². The number of hydrogen-bond acceptors (Lipinski definition) is 14. The molecule has 1 N–H and O–H groups in total. The minimum absolute atomic E-state index is 0.0422. The number of hydrogen-bond donors (Lipinski definition) is 1. The molecule has 1 atom stereocenters. The molecule has 1 unspecified atom stereocenters. The Labute approximate surface area is 242 Å². The Balaban J connectivity index is 1.90. The van der Waals surface area contributed by atoms with Crippen LogP contribution in [0, 0.1) is 9.06 Å². The first-order valence-corrected chi connectivity index (χ1v) is 13.7. The van der Waals surface area contributed by atoms with Crippen LogP contribution >= 0.6 is 22.7 Å². The summed E-state index contributed by atoms with van der Waals surface area (Å²) in [4.78, 5) is 88.4. The molecule has 0 aromatic heterocycles. The summed E-state index contributed by atoms with van der Waals surface area (Å²) in [6, 6.07) is 4.89. The molecule has 0 saturated carbocycles. The van der Waals surface area contributed by atoms with Gasteiger partial charge in [-0.15, -0.1) is 22.7 Å². The fourth-order valence-electron chi connectivity index (χ4n) is 4.58. The molecule has 2 aromatic rings. The second-order valence-corrected chi connectivity index (χ2v) is 11.1. The summed E-state index contributed by atoms with van der Waals surface area (Å²) in [5.74, 6) is -4.74. The van der Waals surface area contributed by atoms with Crippen LogP contribution in [0.4, 0.5) is 0 Å². The van der Waals surface area contributed by atoms with Crippen molar-refractivity contribution >= 4 is 63.1 Å². The quantitative estimate of drug-likeness (QED) is 0.264. The summed E-state index contributed by atoms with van der Waals surface area (Å²) >= 11 is 1.25. The van der Waals surface area contributed by atoms with E-state index in [1.165, 1.54) is 24.3 Å². The predicted octanol–water partition coefficient (Wildman–Crippen LogP) is 2.74. The molecule has 3 aliphatic rings. The summed E-state index contributed by atoms with van der Waals surface area (Å²) in [5, 5.41) is 10.8. The smallest absolute Gasteiger partial charge is 0.308 e. The molecular weight excluding hydrogens is 592 g/mol. The van der Waals surface area contributed by atoms with Gasteiger partial charge in [-0.1, -0.05) is 0 Å². The molecule has 2 aliphatic carbocycles. The van der Waals surface area contributed by atoms with Crippen LogP contribution in [0.3, 0.4) is 0 Å². The van der Waals surface area contributed by atoms with Crippen LogP contribution in [0.2, 0.25) is 0 Å². The van der Waals surface area contributed by atoms with Gasteiger partial charge in [0.2, 0.25) is 16.6 Å². The maximum atomic E-state index is 13.9. The number of aliphatic hydroxyl groups excluding tert-OH is 1. The van der Waals surface area contributed by atoms with E-state index in [1.54, 1.807) is 0 Å². The van der Waals surface area contributed by atoms with E-state index < -0.39 is 46.6 Å². The Morgan fingerprint density at radius 2 is 1.05 bits per heavy atom. The maximum Gasteiger partial charge on any atom is 0.308 e. The molecule has 0 spiro atoms. The SMILES string of the molecule is CC(=O)Oc1ccc(OC(C)=O)c2c1C(=O)c1sc3c(=O)c4c(OC(C)=O)ccc(OC(C)=O)c4c(=O)c=3sc1C2O. The lowest BCUT2D eigenvalue weighted by atomic mass is 9.90. The van der Waals surface area contributed by atoms with Crippen molar-refractivity contribution in [3.63, 3.8) is 0 Å². The average Bonchev–Trinajstić information content (AvgIpc) is 2.89. The van der Waals surface area contributed by atoms with Crippen LogP contribution in [0.15, 0.2) is 33.9 Å². The summed E-state index contributed by atoms with van der Waals surface area (Å²) in [5.41, 5.74) is -2.01. The Bertz CT molecular complexity index is 2090. The minimum atomic E-state index is -1.64. The normalized spacial score (nSPS) is 13.7. The van der Waals surface area contributed by atoms with Crippen molar-refractivity contribution in [1.82, 2.24) is 0 Å². The number of ketones is 1. The van der Waals surface area contributed by atoms with E-state index in [2.05, 4.69) is 0 Å². The van der Waals surface area contributed by atoms with Crippen LogP contribution in [-0.4, -0.2) is 34.8 Å². The molecule has 5 rings (SSSR count). The highest BCUT2D eigenvalue weighted by molar-refractivity contribution is 7.19. The van der Waals surface area contributed by atoms with Crippen LogP contribution in [0.5, 0.6) is 23.0 Å². The van der Waals surface area contributed by atoms with E-state index >= 15 is 0 Å². The number of esters is 4. The monoisotopic (exact) mass is 610 g/mol. The van der Waals surface area contributed by atoms with Crippen molar-refractivity contribution in [1.29, 1.82) is 0 Å². The fraction of sp³-hybridized carbons (Fsp3) is 0.179. The van der Waals surface area contributed by atoms with Crippen molar-refractivity contribution in [2.45, 2.75) is 33.8 Å². The fourth-order valence-corrected chi connectivity index (χ4v) is 7.08. The van der Waals surface area contributed by atoms with Crippen molar-refractivity contribution in [2.24, 2.45) is 0 Å². The molecule has 1 heterocycles. The van der Waals surface area contributed by atoms with Crippen molar-refractivity contribution in [2.75, 3.05) is 0 Å². The number of fused-ring (bicyclic) bond motifs is 3. The second kappa shape index (κ2) is 10.6. The lowest BCUT2D eigenvalue weighted by Gasteiger charge is -2.26. The summed E-state index contributed by atoms with van der Waals surface area (Å²) in [7, 11) is 0. The highest BCUT2D eigenvalue weighted by Gasteiger charge is 2.38. The van der Waals surface area contributed by atoms with E-state index in [9.17, 15) is 38.7 Å². The summed E-state index contributed by atoms with van der Waals surface area (Å²) < 4.78 is 20.3. The van der Waals surface area contributed by atoms with Crippen LogP contribution in [0.1, 0.15) is 59.5 Å². The van der Waals surface area contributed by atoms with Gasteiger partial charge < -0.3 is 24.1 Å². The van der Waals surface area contributed by atoms with Gasteiger partial charge in [0.05, 0.1) is 35.2 Å². The first-order valence-electron chi connectivity index (χ1n) is 12.0. The second-order valence-electron chi connectivity index (χ2n) is 8.98. The Morgan fingerprint density at radius 1 is 0.643 bits per heavy atom. The molecule has 0 amide bonds. The molecule has 0 fully saturated rings. The number of ether oxygens (including phenoxy) is 4. The van der Waals surface area contributed by atoms with Gasteiger partial charge in [0, 0.05) is 33.3 Å². The van der Waals surface area contributed by atoms with Gasteiger partial charge >= 0.3 is 23.9 Å². The van der Waals surface area contributed by atoms with Gasteiger partial charge in [-0.3, -0.25) is 33.6 Å². The molecule has 12 nitrogen and oxygen atoms in total. The van der Waals surface area contributed by atoms with E-state index in [4.69, 9.17) is 18.9 Å². The van der Waals surface area contributed by atoms with E-state index in [-0.39, 0.29) is 63.7 Å². The van der Waals surface area contributed by atoms with Crippen LogP contribution in [0.25, 0.3) is 10.8 Å². The van der Waals surface area contributed by atoms with Gasteiger partial charge in [-0.25, -0.2) is 0 Å². The van der Waals surface area contributed by atoms with E-state index in [1.807, 2.05) is 0 Å². The van der Waals surface area contributed by atoms with E-state index in [0.29, 0.717) is 22.7 Å². The highest BCUT2D eigenvalue weighted by Crippen LogP contribution is 2.46. The van der Waals surface area contributed by atoms with Gasteiger partial charge in [0.1, 0.15) is 29.1 Å². The number of benzene rings is 2. The zero-order chi connectivity index (χ0) is 30.6. The first kappa shape index (κ1) is 28.7. The molecule has 0 saturated heterocycles. The maximum absolute atomic E-state index is 13.9. The molecule has 42 heavy (non-hydrogen) atoms. The minimum Gasteiger partial charge on any atom is -0.426 e. The Hall–Kier alpha value is -4.79. The standard InChI is InChI=1S/C28H18O12S2/c1-9(29)37-13-5-6-14(38-10(2)30)18-17(13)21(33)25-26(22(18)34)42-28-24(36)20-16(40-12(4)32)8-7-15(39-11(3)31)19(20)23(35)27(28)41-25/h5-8,21,33H,1-4H3. The lowest BCUT2D eigenvalue weighted by Crippen LogP contribution is -2.23. The molecule has 14 heteroatoms. The highest BCUT2D eigenvalue weighted by atomic mass is 32.1. The van der Waals surface area contributed by atoms with Crippen molar-refractivity contribution in [3.05, 3.63) is 74.7 Å². The van der Waals surface area contributed by atoms with Crippen molar-refractivity contribution < 1.29 is 48.0 Å². The zero-order valence-corrected chi connectivity index (χ0v) is 23.8. The number of rotatable bonds is 4. The van der Waals surface area contributed by atoms with Gasteiger partial charge in [-0.2, -0.15) is 0 Å². The van der Waals surface area contributed by atoms with E-state index in [0.717, 1.165) is 27.7 Å². The molecule has 0 bridgehead atoms. The number of carbonyl (C=O) groups is 5. The Kier molecular flexibility index (Phi) is 7.22. The zero-order valence-electron chi connectivity index (χ0n) is 22.1. The molecule has 0 radical (unpaired) electrons. The number of carbonyl (C=O) groups excluding carboxylic acids is 5. The van der Waals surface area contributed by atoms with Gasteiger partial charge in [0.15, 0.2) is 0 Å². The predicted molar refractivity (Wildman–Crippen MR) is 147 cm³/mol. The third kappa shape index (κ3) is 4.74. The summed E-state index contributed by atoms with van der Waals surface area (Å²) in [6.45, 7) is 4.42. The van der Waals surface area contributed by atoms with Crippen LogP contribution < -0.4 is 29.8 Å². The third-order valence-electron chi connectivity index (χ3n) is 5.98. The van der Waals surface area contributed by atoms with Gasteiger partial charge in [0.25, 0.3) is 0 Å². The lowest BCUT2D eigenvalue weighted by molar-refractivity contribution is -0.133. The largest absolute Gasteiger partial charge is 0.426 e. The topological polar surface area (TPSA) is 177 Å². The third-order valence-corrected chi connectivity index (χ3v) is 8.68. The average molecular weight is 611 g/mol. The summed E-state index contributed by atoms with van der Waals surface area (Å²) in [6.07, 6.45) is -1.64. The molecular formula is C28H18O12S2. The molecule has 1 aliphatic heterocycles.